The van der Waals surface area contributed by atoms with Gasteiger partial charge < -0.3 is 20.4 Å². The molecule has 1 aromatic rings. The number of rotatable bonds is 5. The van der Waals surface area contributed by atoms with Gasteiger partial charge in [0.05, 0.1) is 0 Å². The first-order valence-electron chi connectivity index (χ1n) is 7.58. The van der Waals surface area contributed by atoms with E-state index in [0.717, 1.165) is 12.8 Å². The smallest absolute Gasteiger partial charge is 0.248 e. The molecule has 2 amide bonds. The highest BCUT2D eigenvalue weighted by molar-refractivity contribution is 5.88. The van der Waals surface area contributed by atoms with Crippen molar-refractivity contribution in [2.45, 2.75) is 38.3 Å². The molecule has 1 aliphatic heterocycles. The van der Waals surface area contributed by atoms with Crippen molar-refractivity contribution in [1.82, 2.24) is 10.2 Å². The Hall–Kier alpha value is -2.08. The van der Waals surface area contributed by atoms with Crippen molar-refractivity contribution >= 4 is 11.8 Å². The van der Waals surface area contributed by atoms with Crippen molar-refractivity contribution in [3.63, 3.8) is 0 Å². The maximum absolute atomic E-state index is 12.6. The number of hydrogen-bond donors (Lipinski definition) is 3. The number of phenols is 1. The molecule has 1 aromatic carbocycles. The van der Waals surface area contributed by atoms with Crippen LogP contribution in [0.1, 0.15) is 37.9 Å². The van der Waals surface area contributed by atoms with Crippen LogP contribution in [-0.4, -0.2) is 46.1 Å². The molecular weight excluding hydrogens is 284 g/mol. The molecule has 3 N–H and O–H groups in total. The number of carbonyl (C=O) groups is 2. The molecule has 1 saturated heterocycles. The average molecular weight is 306 g/mol. The van der Waals surface area contributed by atoms with Crippen LogP contribution in [0.4, 0.5) is 0 Å². The van der Waals surface area contributed by atoms with Gasteiger partial charge in [-0.3, -0.25) is 9.59 Å². The largest absolute Gasteiger partial charge is 0.508 e. The Kier molecular flexibility index (Phi) is 5.38. The molecule has 0 radical (unpaired) electrons. The van der Waals surface area contributed by atoms with Gasteiger partial charge in [-0.15, -0.1) is 0 Å². The minimum Gasteiger partial charge on any atom is -0.508 e. The van der Waals surface area contributed by atoms with Crippen LogP contribution < -0.4 is 5.32 Å². The van der Waals surface area contributed by atoms with Crippen LogP contribution in [0.3, 0.4) is 0 Å². The van der Waals surface area contributed by atoms with Gasteiger partial charge in [0, 0.05) is 19.5 Å². The fourth-order valence-electron chi connectivity index (χ4n) is 2.55. The second-order valence-corrected chi connectivity index (χ2v) is 5.47. The summed E-state index contributed by atoms with van der Waals surface area (Å²) in [6.07, 6.45) is 0.973. The third-order valence-electron chi connectivity index (χ3n) is 3.87. The molecular formula is C16H22N2O4. The van der Waals surface area contributed by atoms with E-state index in [1.165, 1.54) is 12.1 Å². The Morgan fingerprint density at radius 3 is 2.36 bits per heavy atom. The number of carbonyl (C=O) groups excluding carboxylic acids is 2. The first-order valence-corrected chi connectivity index (χ1v) is 7.58. The van der Waals surface area contributed by atoms with E-state index in [2.05, 4.69) is 5.32 Å². The number of aliphatic hydroxyl groups excluding tert-OH is 1. The van der Waals surface area contributed by atoms with Gasteiger partial charge in [0.1, 0.15) is 17.9 Å². The van der Waals surface area contributed by atoms with Gasteiger partial charge >= 0.3 is 0 Å². The SMILES string of the molecule is CCC(=O)N[C@H](C(=O)N1CCCC1)[C@H](O)c1ccc(O)cc1. The van der Waals surface area contributed by atoms with Gasteiger partial charge in [-0.05, 0) is 30.5 Å². The number of aromatic hydroxyl groups is 1. The van der Waals surface area contributed by atoms with E-state index in [0.29, 0.717) is 18.7 Å². The summed E-state index contributed by atoms with van der Waals surface area (Å²) in [5.74, 6) is -0.466. The van der Waals surface area contributed by atoms with Gasteiger partial charge in [0.2, 0.25) is 11.8 Å². The Morgan fingerprint density at radius 2 is 1.82 bits per heavy atom. The van der Waals surface area contributed by atoms with Crippen molar-refractivity contribution in [3.8, 4) is 5.75 Å². The van der Waals surface area contributed by atoms with E-state index in [9.17, 15) is 19.8 Å². The predicted octanol–water partition coefficient (Wildman–Crippen LogP) is 0.943. The Labute approximate surface area is 129 Å². The molecule has 1 aliphatic rings. The van der Waals surface area contributed by atoms with Gasteiger partial charge in [-0.2, -0.15) is 0 Å². The first kappa shape index (κ1) is 16.3. The van der Waals surface area contributed by atoms with E-state index in [1.807, 2.05) is 0 Å². The van der Waals surface area contributed by atoms with E-state index < -0.39 is 12.1 Å². The number of aliphatic hydroxyl groups is 1. The zero-order valence-corrected chi connectivity index (χ0v) is 12.7. The summed E-state index contributed by atoms with van der Waals surface area (Å²) in [4.78, 5) is 25.9. The van der Waals surface area contributed by atoms with Crippen LogP contribution in [0, 0.1) is 0 Å². The lowest BCUT2D eigenvalue weighted by atomic mass is 10.0. The molecule has 1 fully saturated rings. The number of benzene rings is 1. The van der Waals surface area contributed by atoms with Crippen molar-refractivity contribution < 1.29 is 19.8 Å². The monoisotopic (exact) mass is 306 g/mol. The van der Waals surface area contributed by atoms with E-state index in [1.54, 1.807) is 24.0 Å². The summed E-state index contributed by atoms with van der Waals surface area (Å²) >= 11 is 0. The number of nitrogens with one attached hydrogen (secondary N) is 1. The number of phenolic OH excluding ortho intramolecular Hbond substituents is 1. The topological polar surface area (TPSA) is 89.9 Å². The molecule has 120 valence electrons. The second kappa shape index (κ2) is 7.26. The van der Waals surface area contributed by atoms with E-state index in [-0.39, 0.29) is 24.0 Å². The quantitative estimate of drug-likeness (QED) is 0.755. The molecule has 0 spiro atoms. The molecule has 6 nitrogen and oxygen atoms in total. The molecule has 0 aliphatic carbocycles. The molecule has 1 heterocycles. The summed E-state index contributed by atoms with van der Waals surface area (Å²) in [7, 11) is 0. The summed E-state index contributed by atoms with van der Waals surface area (Å²) in [5.41, 5.74) is 0.478. The third-order valence-corrected chi connectivity index (χ3v) is 3.87. The van der Waals surface area contributed by atoms with E-state index >= 15 is 0 Å². The fraction of sp³-hybridized carbons (Fsp3) is 0.500. The minimum absolute atomic E-state index is 0.0796. The minimum atomic E-state index is -1.15. The molecule has 0 bridgehead atoms. The Bertz CT molecular complexity index is 523. The number of likely N-dealkylation sites (tertiary alicyclic amines) is 1. The van der Waals surface area contributed by atoms with Crippen LogP contribution in [0.15, 0.2) is 24.3 Å². The van der Waals surface area contributed by atoms with Gasteiger partial charge in [0.25, 0.3) is 0 Å². The average Bonchev–Trinajstić information content (AvgIpc) is 3.06. The second-order valence-electron chi connectivity index (χ2n) is 5.47. The third kappa shape index (κ3) is 3.76. The zero-order chi connectivity index (χ0) is 16.1. The van der Waals surface area contributed by atoms with Gasteiger partial charge in [0.15, 0.2) is 0 Å². The van der Waals surface area contributed by atoms with Crippen molar-refractivity contribution in [2.75, 3.05) is 13.1 Å². The lowest BCUT2D eigenvalue weighted by molar-refractivity contribution is -0.138. The summed E-state index contributed by atoms with van der Waals surface area (Å²) in [6, 6.07) is 4.97. The predicted molar refractivity (Wildman–Crippen MR) is 81.1 cm³/mol. The number of hydrogen-bond acceptors (Lipinski definition) is 4. The highest BCUT2D eigenvalue weighted by atomic mass is 16.3. The zero-order valence-electron chi connectivity index (χ0n) is 12.7. The molecule has 6 heteroatoms. The Morgan fingerprint density at radius 1 is 1.23 bits per heavy atom. The van der Waals surface area contributed by atoms with Crippen LogP contribution >= 0.6 is 0 Å². The first-order chi connectivity index (χ1) is 10.5. The van der Waals surface area contributed by atoms with E-state index in [4.69, 9.17) is 0 Å². The van der Waals surface area contributed by atoms with Gasteiger partial charge in [-0.25, -0.2) is 0 Å². The van der Waals surface area contributed by atoms with Crippen LogP contribution in [0.5, 0.6) is 5.75 Å². The van der Waals surface area contributed by atoms with Crippen molar-refractivity contribution in [2.24, 2.45) is 0 Å². The molecule has 2 rings (SSSR count). The summed E-state index contributed by atoms with van der Waals surface area (Å²) in [5, 5.41) is 22.4. The lowest BCUT2D eigenvalue weighted by Crippen LogP contribution is -2.50. The van der Waals surface area contributed by atoms with Crippen LogP contribution in [-0.2, 0) is 9.59 Å². The highest BCUT2D eigenvalue weighted by Crippen LogP contribution is 2.22. The van der Waals surface area contributed by atoms with Crippen molar-refractivity contribution in [1.29, 1.82) is 0 Å². The molecule has 22 heavy (non-hydrogen) atoms. The summed E-state index contributed by atoms with van der Waals surface area (Å²) < 4.78 is 0. The standard InChI is InChI=1S/C16H22N2O4/c1-2-13(20)17-14(16(22)18-9-3-4-10-18)15(21)11-5-7-12(19)8-6-11/h5-8,14-15,19,21H,2-4,9-10H2,1H3,(H,17,20)/t14-,15+/m0/s1. The number of nitrogens with zero attached hydrogens (tertiary/aromatic N) is 1. The van der Waals surface area contributed by atoms with Crippen LogP contribution in [0.2, 0.25) is 0 Å². The maximum Gasteiger partial charge on any atom is 0.248 e. The van der Waals surface area contributed by atoms with Gasteiger partial charge in [-0.1, -0.05) is 19.1 Å². The van der Waals surface area contributed by atoms with Crippen molar-refractivity contribution in [3.05, 3.63) is 29.8 Å². The maximum atomic E-state index is 12.6. The molecule has 0 aromatic heterocycles. The lowest BCUT2D eigenvalue weighted by Gasteiger charge is -2.27. The highest BCUT2D eigenvalue weighted by Gasteiger charge is 2.33. The molecule has 0 saturated carbocycles. The molecule has 0 unspecified atom stereocenters. The fourth-order valence-corrected chi connectivity index (χ4v) is 2.55. The molecule has 2 atom stereocenters. The number of amides is 2. The van der Waals surface area contributed by atoms with Crippen LogP contribution in [0.25, 0.3) is 0 Å². The Balaban J connectivity index is 2.20. The summed E-state index contributed by atoms with van der Waals surface area (Å²) in [6.45, 7) is 3.00. The normalized spacial score (nSPS) is 17.1.